The van der Waals surface area contributed by atoms with Crippen LogP contribution in [0.25, 0.3) is 0 Å². The van der Waals surface area contributed by atoms with Crippen LogP contribution in [-0.4, -0.2) is 6.21 Å². The van der Waals surface area contributed by atoms with Gasteiger partial charge in [-0.05, 0) is 25.3 Å². The minimum absolute atomic E-state index is 0.184. The first-order valence-corrected chi connectivity index (χ1v) is 4.21. The minimum Gasteiger partial charge on any atom is -0.259 e. The third kappa shape index (κ3) is 0.655. The van der Waals surface area contributed by atoms with E-state index in [4.69, 9.17) is 0 Å². The molecule has 0 spiro atoms. The monoisotopic (exact) mass is 151 g/mol. The molecule has 0 aromatic carbocycles. The first kappa shape index (κ1) is 6.10. The van der Waals surface area contributed by atoms with E-state index < -0.39 is 0 Å². The largest absolute Gasteiger partial charge is 0.259 e. The van der Waals surface area contributed by atoms with Crippen molar-refractivity contribution in [2.45, 2.75) is 19.3 Å². The van der Waals surface area contributed by atoms with Crippen molar-refractivity contribution in [3.8, 4) is 0 Å². The van der Waals surface area contributed by atoms with Crippen LogP contribution in [0.4, 0.5) is 5.69 Å². The van der Waals surface area contributed by atoms with Crippen molar-refractivity contribution in [2.75, 3.05) is 0 Å². The first-order chi connectivity index (χ1) is 4.70. The van der Waals surface area contributed by atoms with Gasteiger partial charge in [-0.2, -0.15) is 0 Å². The standard InChI is InChI=1S/C8H9NS/c1-8(2)5-9-6-3-4-10-7(6)8/h3-5H,1-2H3. The molecule has 0 aliphatic carbocycles. The highest BCUT2D eigenvalue weighted by atomic mass is 32.1. The van der Waals surface area contributed by atoms with E-state index in [2.05, 4.69) is 30.3 Å². The Morgan fingerprint density at radius 1 is 1.50 bits per heavy atom. The van der Waals surface area contributed by atoms with E-state index in [0.717, 1.165) is 5.69 Å². The Labute approximate surface area is 64.4 Å². The van der Waals surface area contributed by atoms with E-state index in [1.165, 1.54) is 4.88 Å². The summed E-state index contributed by atoms with van der Waals surface area (Å²) in [5.74, 6) is 0. The van der Waals surface area contributed by atoms with Crippen molar-refractivity contribution in [3.05, 3.63) is 16.3 Å². The van der Waals surface area contributed by atoms with Crippen LogP contribution in [0.1, 0.15) is 18.7 Å². The fraction of sp³-hybridized carbons (Fsp3) is 0.375. The molecule has 1 aromatic heterocycles. The zero-order valence-corrected chi connectivity index (χ0v) is 6.90. The van der Waals surface area contributed by atoms with Crippen LogP contribution in [-0.2, 0) is 5.41 Å². The number of nitrogens with zero attached hydrogens (tertiary/aromatic N) is 1. The molecule has 2 heterocycles. The van der Waals surface area contributed by atoms with Crippen LogP contribution in [0.15, 0.2) is 16.4 Å². The maximum atomic E-state index is 4.30. The van der Waals surface area contributed by atoms with Gasteiger partial charge in [-0.15, -0.1) is 11.3 Å². The van der Waals surface area contributed by atoms with Gasteiger partial charge in [0.05, 0.1) is 5.69 Å². The zero-order chi connectivity index (χ0) is 7.19. The molecule has 52 valence electrons. The Kier molecular flexibility index (Phi) is 1.04. The second kappa shape index (κ2) is 1.70. The highest BCUT2D eigenvalue weighted by Gasteiger charge is 2.27. The lowest BCUT2D eigenvalue weighted by Crippen LogP contribution is -2.12. The summed E-state index contributed by atoms with van der Waals surface area (Å²) < 4.78 is 0. The lowest BCUT2D eigenvalue weighted by Gasteiger charge is -2.11. The number of hydrogen-bond acceptors (Lipinski definition) is 2. The van der Waals surface area contributed by atoms with Gasteiger partial charge in [-0.1, -0.05) is 0 Å². The summed E-state index contributed by atoms with van der Waals surface area (Å²) >= 11 is 1.79. The van der Waals surface area contributed by atoms with Crippen LogP contribution in [0, 0.1) is 0 Å². The van der Waals surface area contributed by atoms with Gasteiger partial charge in [0.1, 0.15) is 0 Å². The van der Waals surface area contributed by atoms with Gasteiger partial charge in [-0.25, -0.2) is 0 Å². The molecule has 0 saturated carbocycles. The van der Waals surface area contributed by atoms with E-state index in [1.54, 1.807) is 11.3 Å². The van der Waals surface area contributed by atoms with E-state index in [1.807, 2.05) is 6.21 Å². The Balaban J connectivity index is 2.64. The average Bonchev–Trinajstić information content (AvgIpc) is 2.36. The van der Waals surface area contributed by atoms with Gasteiger partial charge in [-0.3, -0.25) is 4.99 Å². The lowest BCUT2D eigenvalue weighted by atomic mass is 9.95. The molecule has 1 aliphatic heterocycles. The van der Waals surface area contributed by atoms with Gasteiger partial charge in [0, 0.05) is 16.5 Å². The maximum Gasteiger partial charge on any atom is 0.0774 e. The van der Waals surface area contributed by atoms with Gasteiger partial charge < -0.3 is 0 Å². The Morgan fingerprint density at radius 3 is 3.00 bits per heavy atom. The van der Waals surface area contributed by atoms with E-state index in [-0.39, 0.29) is 5.41 Å². The predicted molar refractivity (Wildman–Crippen MR) is 45.5 cm³/mol. The molecule has 1 aliphatic rings. The second-order valence-electron chi connectivity index (χ2n) is 3.11. The summed E-state index contributed by atoms with van der Waals surface area (Å²) in [4.78, 5) is 5.69. The van der Waals surface area contributed by atoms with Crippen molar-refractivity contribution in [2.24, 2.45) is 4.99 Å². The maximum absolute atomic E-state index is 4.30. The van der Waals surface area contributed by atoms with Crippen molar-refractivity contribution in [1.29, 1.82) is 0 Å². The summed E-state index contributed by atoms with van der Waals surface area (Å²) in [5.41, 5.74) is 1.35. The Bertz CT molecular complexity index is 283. The molecular formula is C8H9NS. The van der Waals surface area contributed by atoms with Crippen molar-refractivity contribution in [1.82, 2.24) is 0 Å². The highest BCUT2D eigenvalue weighted by Crippen LogP contribution is 2.40. The van der Waals surface area contributed by atoms with Gasteiger partial charge in [0.15, 0.2) is 0 Å². The fourth-order valence-corrected chi connectivity index (χ4v) is 2.11. The lowest BCUT2D eigenvalue weighted by molar-refractivity contribution is 0.770. The molecule has 0 radical (unpaired) electrons. The number of aliphatic imine (C=N–C) groups is 1. The molecule has 0 bridgehead atoms. The molecule has 1 aromatic rings. The van der Waals surface area contributed by atoms with Crippen molar-refractivity contribution in [3.63, 3.8) is 0 Å². The summed E-state index contributed by atoms with van der Waals surface area (Å²) in [5, 5.41) is 2.10. The molecule has 0 unspecified atom stereocenters. The van der Waals surface area contributed by atoms with Gasteiger partial charge in [0.2, 0.25) is 0 Å². The normalized spacial score (nSPS) is 19.4. The molecule has 0 N–H and O–H groups in total. The zero-order valence-electron chi connectivity index (χ0n) is 6.09. The number of thiophene rings is 1. The topological polar surface area (TPSA) is 12.4 Å². The van der Waals surface area contributed by atoms with E-state index in [0.29, 0.717) is 0 Å². The fourth-order valence-electron chi connectivity index (χ4n) is 1.18. The van der Waals surface area contributed by atoms with E-state index >= 15 is 0 Å². The number of rotatable bonds is 0. The SMILES string of the molecule is CC1(C)C=Nc2ccsc21. The summed E-state index contributed by atoms with van der Waals surface area (Å²) in [7, 11) is 0. The molecule has 0 amide bonds. The molecule has 2 heteroatoms. The third-order valence-corrected chi connectivity index (χ3v) is 3.00. The summed E-state index contributed by atoms with van der Waals surface area (Å²) in [6.45, 7) is 4.39. The van der Waals surface area contributed by atoms with Crippen molar-refractivity contribution < 1.29 is 0 Å². The predicted octanol–water partition coefficient (Wildman–Crippen LogP) is 2.74. The van der Waals surface area contributed by atoms with Crippen LogP contribution >= 0.6 is 11.3 Å². The van der Waals surface area contributed by atoms with E-state index in [9.17, 15) is 0 Å². The molecule has 10 heavy (non-hydrogen) atoms. The summed E-state index contributed by atoms with van der Waals surface area (Å²) in [6, 6.07) is 2.07. The van der Waals surface area contributed by atoms with Crippen LogP contribution in [0.5, 0.6) is 0 Å². The second-order valence-corrected chi connectivity index (χ2v) is 4.03. The average molecular weight is 151 g/mol. The molecule has 2 rings (SSSR count). The van der Waals surface area contributed by atoms with Gasteiger partial charge >= 0.3 is 0 Å². The molecule has 0 saturated heterocycles. The Morgan fingerprint density at radius 2 is 2.30 bits per heavy atom. The van der Waals surface area contributed by atoms with Crippen molar-refractivity contribution >= 4 is 23.2 Å². The first-order valence-electron chi connectivity index (χ1n) is 3.33. The number of fused-ring (bicyclic) bond motifs is 1. The van der Waals surface area contributed by atoms with Crippen LogP contribution in [0.2, 0.25) is 0 Å². The Hall–Kier alpha value is -0.630. The molecule has 1 nitrogen and oxygen atoms in total. The quantitative estimate of drug-likeness (QED) is 0.540. The number of hydrogen-bond donors (Lipinski definition) is 0. The smallest absolute Gasteiger partial charge is 0.0774 e. The third-order valence-electron chi connectivity index (χ3n) is 1.76. The molecule has 0 atom stereocenters. The highest BCUT2D eigenvalue weighted by molar-refractivity contribution is 7.10. The van der Waals surface area contributed by atoms with Gasteiger partial charge in [0.25, 0.3) is 0 Å². The molecular weight excluding hydrogens is 142 g/mol. The summed E-state index contributed by atoms with van der Waals surface area (Å²) in [6.07, 6.45) is 2.02. The minimum atomic E-state index is 0.184. The van der Waals surface area contributed by atoms with Crippen LogP contribution in [0.3, 0.4) is 0 Å². The van der Waals surface area contributed by atoms with Crippen LogP contribution < -0.4 is 0 Å². The molecule has 0 fully saturated rings.